The van der Waals surface area contributed by atoms with Crippen LogP contribution in [0.25, 0.3) is 0 Å². The van der Waals surface area contributed by atoms with Gasteiger partial charge in [-0.25, -0.2) is 4.39 Å². The quantitative estimate of drug-likeness (QED) is 0.831. The van der Waals surface area contributed by atoms with E-state index in [-0.39, 0.29) is 30.0 Å². The molecule has 1 saturated heterocycles. The molecule has 0 spiro atoms. The van der Waals surface area contributed by atoms with Crippen molar-refractivity contribution in [2.24, 2.45) is 5.41 Å². The van der Waals surface area contributed by atoms with Crippen molar-refractivity contribution < 1.29 is 23.7 Å². The second-order valence-corrected chi connectivity index (χ2v) is 6.90. The summed E-state index contributed by atoms with van der Waals surface area (Å²) in [5.74, 6) is 0.680. The molecule has 0 amide bonds. The van der Waals surface area contributed by atoms with Gasteiger partial charge in [-0.1, -0.05) is 6.92 Å². The van der Waals surface area contributed by atoms with Gasteiger partial charge >= 0.3 is 0 Å². The molecule has 2 heterocycles. The molecule has 2 unspecified atom stereocenters. The van der Waals surface area contributed by atoms with E-state index in [0.717, 1.165) is 25.9 Å². The highest BCUT2D eigenvalue weighted by Gasteiger charge is 2.39. The molecule has 0 bridgehead atoms. The fourth-order valence-electron chi connectivity index (χ4n) is 3.55. The Balaban J connectivity index is 1.68. The summed E-state index contributed by atoms with van der Waals surface area (Å²) in [6, 6.07) is 4.31. The fourth-order valence-corrected chi connectivity index (χ4v) is 3.55. The summed E-state index contributed by atoms with van der Waals surface area (Å²) < 4.78 is 31.0. The maximum absolute atomic E-state index is 13.4. The zero-order chi connectivity index (χ0) is 17.0. The molecule has 1 fully saturated rings. The first-order valence-electron chi connectivity index (χ1n) is 8.63. The molecule has 0 aliphatic carbocycles. The minimum absolute atomic E-state index is 0.00389. The number of piperidine rings is 1. The second kappa shape index (κ2) is 7.68. The zero-order valence-corrected chi connectivity index (χ0v) is 14.1. The van der Waals surface area contributed by atoms with Gasteiger partial charge < -0.3 is 24.6 Å². The number of fused-ring (bicyclic) bond motifs is 1. The van der Waals surface area contributed by atoms with Gasteiger partial charge in [0.25, 0.3) is 0 Å². The molecule has 24 heavy (non-hydrogen) atoms. The average molecular weight is 339 g/mol. The lowest BCUT2D eigenvalue weighted by Gasteiger charge is -2.42. The molecule has 1 aromatic rings. The van der Waals surface area contributed by atoms with Gasteiger partial charge in [0.2, 0.25) is 0 Å². The Bertz CT molecular complexity index is 548. The summed E-state index contributed by atoms with van der Waals surface area (Å²) in [5, 5.41) is 12.6. The summed E-state index contributed by atoms with van der Waals surface area (Å²) >= 11 is 0. The molecule has 3 atom stereocenters. The number of benzene rings is 1. The lowest BCUT2D eigenvalue weighted by Crippen LogP contribution is -2.49. The molecular formula is C18H26FNO4. The highest BCUT2D eigenvalue weighted by Crippen LogP contribution is 2.37. The third-order valence-corrected chi connectivity index (χ3v) is 4.92. The Labute approximate surface area is 142 Å². The van der Waals surface area contributed by atoms with Crippen LogP contribution in [0.1, 0.15) is 26.2 Å². The van der Waals surface area contributed by atoms with Gasteiger partial charge in [0.1, 0.15) is 18.5 Å². The standard InChI is InChI=1S/C18H26FNO4/c1-18(5-2-6-20-12-18)17(22-8-7-21)10-14-11-23-15-4-3-13(19)9-16(15)24-14/h3-4,9,14,17,20-21H,2,5-8,10-12H2,1H3/t14?,17-,18?/m0/s1. The third-order valence-electron chi connectivity index (χ3n) is 4.92. The summed E-state index contributed by atoms with van der Waals surface area (Å²) in [7, 11) is 0. The van der Waals surface area contributed by atoms with Crippen LogP contribution in [0, 0.1) is 11.2 Å². The highest BCUT2D eigenvalue weighted by molar-refractivity contribution is 5.41. The first-order valence-corrected chi connectivity index (χ1v) is 8.63. The van der Waals surface area contributed by atoms with Crippen molar-refractivity contribution in [3.8, 4) is 11.5 Å². The summed E-state index contributed by atoms with van der Waals surface area (Å²) in [5.41, 5.74) is -0.0149. The molecule has 1 aromatic carbocycles. The van der Waals surface area contributed by atoms with Crippen LogP contribution in [0.2, 0.25) is 0 Å². The van der Waals surface area contributed by atoms with Gasteiger partial charge in [-0.05, 0) is 31.5 Å². The maximum Gasteiger partial charge on any atom is 0.164 e. The van der Waals surface area contributed by atoms with E-state index in [4.69, 9.17) is 19.3 Å². The van der Waals surface area contributed by atoms with E-state index >= 15 is 0 Å². The topological polar surface area (TPSA) is 60.0 Å². The van der Waals surface area contributed by atoms with E-state index < -0.39 is 0 Å². The molecule has 134 valence electrons. The number of nitrogens with one attached hydrogen (secondary N) is 1. The molecule has 6 heteroatoms. The second-order valence-electron chi connectivity index (χ2n) is 6.90. The normalized spacial score (nSPS) is 27.7. The Morgan fingerprint density at radius 3 is 3.08 bits per heavy atom. The maximum atomic E-state index is 13.4. The van der Waals surface area contributed by atoms with Crippen LogP contribution in [-0.2, 0) is 4.74 Å². The van der Waals surface area contributed by atoms with Gasteiger partial charge in [-0.2, -0.15) is 0 Å². The minimum Gasteiger partial charge on any atom is -0.486 e. The summed E-state index contributed by atoms with van der Waals surface area (Å²) in [6.45, 7) is 4.83. The molecule has 2 aliphatic rings. The van der Waals surface area contributed by atoms with Crippen LogP contribution in [-0.4, -0.2) is 50.2 Å². The zero-order valence-electron chi connectivity index (χ0n) is 14.1. The Kier molecular flexibility index (Phi) is 5.58. The van der Waals surface area contributed by atoms with E-state index in [1.165, 1.54) is 12.1 Å². The molecule has 2 aliphatic heterocycles. The number of hydrogen-bond donors (Lipinski definition) is 2. The van der Waals surface area contributed by atoms with Gasteiger partial charge in [0.05, 0.1) is 19.3 Å². The minimum atomic E-state index is -0.338. The van der Waals surface area contributed by atoms with E-state index in [1.54, 1.807) is 6.07 Å². The number of aliphatic hydroxyl groups excluding tert-OH is 1. The highest BCUT2D eigenvalue weighted by atomic mass is 19.1. The van der Waals surface area contributed by atoms with E-state index in [2.05, 4.69) is 12.2 Å². The van der Waals surface area contributed by atoms with Crippen molar-refractivity contribution in [1.29, 1.82) is 0 Å². The first-order chi connectivity index (χ1) is 11.6. The van der Waals surface area contributed by atoms with Crippen molar-refractivity contribution >= 4 is 0 Å². The molecule has 5 nitrogen and oxygen atoms in total. The van der Waals surface area contributed by atoms with E-state index in [9.17, 15) is 4.39 Å². The van der Waals surface area contributed by atoms with Crippen molar-refractivity contribution in [2.75, 3.05) is 32.9 Å². The average Bonchev–Trinajstić information content (AvgIpc) is 2.58. The van der Waals surface area contributed by atoms with Crippen molar-refractivity contribution in [2.45, 2.75) is 38.4 Å². The van der Waals surface area contributed by atoms with E-state index in [1.807, 2.05) is 0 Å². The molecule has 0 aromatic heterocycles. The summed E-state index contributed by atoms with van der Waals surface area (Å²) in [6.07, 6.45) is 2.57. The molecule has 2 N–H and O–H groups in total. The smallest absolute Gasteiger partial charge is 0.164 e. The van der Waals surface area contributed by atoms with Gasteiger partial charge in [0.15, 0.2) is 11.5 Å². The van der Waals surface area contributed by atoms with Gasteiger partial charge in [0, 0.05) is 24.4 Å². The third kappa shape index (κ3) is 3.99. The lowest BCUT2D eigenvalue weighted by molar-refractivity contribution is -0.0795. The number of halogens is 1. The molecular weight excluding hydrogens is 313 g/mol. The summed E-state index contributed by atoms with van der Waals surface area (Å²) in [4.78, 5) is 0. The Morgan fingerprint density at radius 1 is 1.46 bits per heavy atom. The van der Waals surface area contributed by atoms with Crippen molar-refractivity contribution in [3.63, 3.8) is 0 Å². The van der Waals surface area contributed by atoms with Crippen LogP contribution >= 0.6 is 0 Å². The van der Waals surface area contributed by atoms with Crippen molar-refractivity contribution in [1.82, 2.24) is 5.32 Å². The van der Waals surface area contributed by atoms with E-state index in [0.29, 0.717) is 31.1 Å². The first kappa shape index (κ1) is 17.5. The van der Waals surface area contributed by atoms with Crippen LogP contribution < -0.4 is 14.8 Å². The fraction of sp³-hybridized carbons (Fsp3) is 0.667. The molecule has 3 rings (SSSR count). The SMILES string of the molecule is CC1([C@H](CC2COc3ccc(F)cc3O2)OCCO)CCCNC1. The molecule has 0 saturated carbocycles. The Hall–Kier alpha value is -1.37. The van der Waals surface area contributed by atoms with Crippen molar-refractivity contribution in [3.05, 3.63) is 24.0 Å². The van der Waals surface area contributed by atoms with Gasteiger partial charge in [-0.15, -0.1) is 0 Å². The van der Waals surface area contributed by atoms with Crippen LogP contribution in [0.3, 0.4) is 0 Å². The monoisotopic (exact) mass is 339 g/mol. The lowest BCUT2D eigenvalue weighted by atomic mass is 9.75. The largest absolute Gasteiger partial charge is 0.486 e. The number of hydrogen-bond acceptors (Lipinski definition) is 5. The number of aliphatic hydroxyl groups is 1. The van der Waals surface area contributed by atoms with Crippen LogP contribution in [0.5, 0.6) is 11.5 Å². The molecule has 0 radical (unpaired) electrons. The van der Waals surface area contributed by atoms with Crippen LogP contribution in [0.4, 0.5) is 4.39 Å². The van der Waals surface area contributed by atoms with Crippen LogP contribution in [0.15, 0.2) is 18.2 Å². The predicted molar refractivity (Wildman–Crippen MR) is 88.0 cm³/mol. The number of rotatable bonds is 6. The number of ether oxygens (including phenoxy) is 3. The predicted octanol–water partition coefficient (Wildman–Crippen LogP) is 2.12. The van der Waals surface area contributed by atoms with Gasteiger partial charge in [-0.3, -0.25) is 0 Å². The Morgan fingerprint density at radius 2 is 2.33 bits per heavy atom.